The Bertz CT molecular complexity index is 623. The van der Waals surface area contributed by atoms with Gasteiger partial charge in [-0.05, 0) is 41.8 Å². The van der Waals surface area contributed by atoms with Crippen molar-refractivity contribution >= 4 is 23.4 Å². The first kappa shape index (κ1) is 13.1. The van der Waals surface area contributed by atoms with Crippen molar-refractivity contribution < 1.29 is 4.79 Å². The van der Waals surface area contributed by atoms with E-state index >= 15 is 0 Å². The molecule has 1 saturated carbocycles. The third kappa shape index (κ3) is 2.98. The van der Waals surface area contributed by atoms with Gasteiger partial charge in [-0.2, -0.15) is 0 Å². The first-order valence-electron chi connectivity index (χ1n) is 6.50. The van der Waals surface area contributed by atoms with Crippen LogP contribution in [0.1, 0.15) is 24.4 Å². The van der Waals surface area contributed by atoms with Gasteiger partial charge in [-0.25, -0.2) is 4.68 Å². The third-order valence-electron chi connectivity index (χ3n) is 3.11. The van der Waals surface area contributed by atoms with Gasteiger partial charge in [0, 0.05) is 5.69 Å². The van der Waals surface area contributed by atoms with Crippen molar-refractivity contribution in [3.8, 4) is 0 Å². The molecule has 1 aliphatic rings. The van der Waals surface area contributed by atoms with Crippen LogP contribution >= 0.6 is 11.8 Å². The van der Waals surface area contributed by atoms with Crippen LogP contribution in [0, 0.1) is 6.92 Å². The van der Waals surface area contributed by atoms with E-state index in [1.165, 1.54) is 11.8 Å². The second-order valence-electron chi connectivity index (χ2n) is 4.79. The van der Waals surface area contributed by atoms with Crippen molar-refractivity contribution in [2.75, 3.05) is 11.1 Å². The molecule has 6 nitrogen and oxygen atoms in total. The number of carbonyl (C=O) groups excluding carboxylic acids is 1. The average molecular weight is 289 g/mol. The van der Waals surface area contributed by atoms with Crippen LogP contribution in [0.5, 0.6) is 0 Å². The van der Waals surface area contributed by atoms with Gasteiger partial charge in [-0.15, -0.1) is 5.10 Å². The normalized spacial score (nSPS) is 14.2. The summed E-state index contributed by atoms with van der Waals surface area (Å²) in [7, 11) is 0. The number of thioether (sulfide) groups is 1. The number of nitrogens with one attached hydrogen (secondary N) is 1. The molecule has 1 amide bonds. The number of hydrogen-bond acceptors (Lipinski definition) is 5. The molecule has 0 spiro atoms. The Morgan fingerprint density at radius 1 is 1.45 bits per heavy atom. The quantitative estimate of drug-likeness (QED) is 0.853. The second-order valence-corrected chi connectivity index (χ2v) is 5.73. The van der Waals surface area contributed by atoms with Gasteiger partial charge in [0.15, 0.2) is 0 Å². The summed E-state index contributed by atoms with van der Waals surface area (Å²) in [4.78, 5) is 11.9. The number of tetrazole rings is 1. The largest absolute Gasteiger partial charge is 0.325 e. The predicted molar refractivity (Wildman–Crippen MR) is 76.6 cm³/mol. The smallest absolute Gasteiger partial charge is 0.234 e. The maximum absolute atomic E-state index is 11.9. The Hall–Kier alpha value is -1.89. The summed E-state index contributed by atoms with van der Waals surface area (Å²) in [6.45, 7) is 1.97. The lowest BCUT2D eigenvalue weighted by Crippen LogP contribution is -2.15. The fourth-order valence-electron chi connectivity index (χ4n) is 1.86. The number of aryl methyl sites for hydroxylation is 1. The lowest BCUT2D eigenvalue weighted by Gasteiger charge is -2.07. The molecule has 0 atom stereocenters. The van der Waals surface area contributed by atoms with E-state index in [2.05, 4.69) is 20.8 Å². The van der Waals surface area contributed by atoms with E-state index in [0.717, 1.165) is 24.1 Å². The van der Waals surface area contributed by atoms with Crippen molar-refractivity contribution in [1.29, 1.82) is 0 Å². The zero-order valence-electron chi connectivity index (χ0n) is 11.1. The van der Waals surface area contributed by atoms with Gasteiger partial charge in [-0.1, -0.05) is 30.0 Å². The van der Waals surface area contributed by atoms with Gasteiger partial charge in [0.05, 0.1) is 11.8 Å². The SMILES string of the molecule is Cc1ccccc1NC(=O)CSc1nnnn1C1CC1. The van der Waals surface area contributed by atoms with Crippen LogP contribution in [0.25, 0.3) is 0 Å². The molecule has 0 unspecified atom stereocenters. The zero-order valence-corrected chi connectivity index (χ0v) is 11.9. The molecule has 7 heteroatoms. The summed E-state index contributed by atoms with van der Waals surface area (Å²) in [5.41, 5.74) is 1.90. The van der Waals surface area contributed by atoms with Crippen molar-refractivity contribution in [2.45, 2.75) is 31.0 Å². The average Bonchev–Trinajstić information content (AvgIpc) is 3.18. The highest BCUT2D eigenvalue weighted by atomic mass is 32.2. The Kier molecular flexibility index (Phi) is 3.68. The summed E-state index contributed by atoms with van der Waals surface area (Å²) < 4.78 is 1.81. The van der Waals surface area contributed by atoms with E-state index in [0.29, 0.717) is 17.0 Å². The lowest BCUT2D eigenvalue weighted by molar-refractivity contribution is -0.113. The molecule has 0 bridgehead atoms. The van der Waals surface area contributed by atoms with Gasteiger partial charge in [0.25, 0.3) is 0 Å². The molecule has 1 aliphatic carbocycles. The maximum atomic E-state index is 11.9. The van der Waals surface area contributed by atoms with Crippen molar-refractivity contribution in [3.63, 3.8) is 0 Å². The summed E-state index contributed by atoms with van der Waals surface area (Å²) in [5.74, 6) is 0.260. The van der Waals surface area contributed by atoms with Crippen LogP contribution in [0.2, 0.25) is 0 Å². The van der Waals surface area contributed by atoms with E-state index in [1.807, 2.05) is 35.9 Å². The number of aromatic nitrogens is 4. The first-order valence-corrected chi connectivity index (χ1v) is 7.49. The molecule has 2 aromatic rings. The van der Waals surface area contributed by atoms with Gasteiger partial charge in [-0.3, -0.25) is 4.79 Å². The maximum Gasteiger partial charge on any atom is 0.234 e. The fourth-order valence-corrected chi connectivity index (χ4v) is 2.60. The number of para-hydroxylation sites is 1. The Morgan fingerprint density at radius 2 is 2.25 bits per heavy atom. The molecule has 1 fully saturated rings. The molecule has 0 radical (unpaired) electrons. The van der Waals surface area contributed by atoms with Gasteiger partial charge >= 0.3 is 0 Å². The molecule has 3 rings (SSSR count). The molecule has 0 saturated heterocycles. The summed E-state index contributed by atoms with van der Waals surface area (Å²) in [6.07, 6.45) is 2.24. The summed E-state index contributed by atoms with van der Waals surface area (Å²) in [6, 6.07) is 8.14. The van der Waals surface area contributed by atoms with Gasteiger partial charge in [0.1, 0.15) is 0 Å². The molecular formula is C13H15N5OS. The second kappa shape index (κ2) is 5.62. The lowest BCUT2D eigenvalue weighted by atomic mass is 10.2. The Balaban J connectivity index is 1.57. The highest BCUT2D eigenvalue weighted by molar-refractivity contribution is 7.99. The highest BCUT2D eigenvalue weighted by Crippen LogP contribution is 2.36. The predicted octanol–water partition coefficient (Wildman–Crippen LogP) is 2.05. The number of nitrogens with zero attached hydrogens (tertiary/aromatic N) is 4. The Morgan fingerprint density at radius 3 is 3.00 bits per heavy atom. The number of carbonyl (C=O) groups is 1. The zero-order chi connectivity index (χ0) is 13.9. The number of hydrogen-bond donors (Lipinski definition) is 1. The van der Waals surface area contributed by atoms with Crippen molar-refractivity contribution in [3.05, 3.63) is 29.8 Å². The van der Waals surface area contributed by atoms with E-state index in [1.54, 1.807) is 0 Å². The van der Waals surface area contributed by atoms with Crippen LogP contribution in [-0.4, -0.2) is 31.9 Å². The van der Waals surface area contributed by atoms with E-state index < -0.39 is 0 Å². The number of amides is 1. The first-order chi connectivity index (χ1) is 9.74. The molecular weight excluding hydrogens is 274 g/mol. The molecule has 1 aromatic carbocycles. The topological polar surface area (TPSA) is 72.7 Å². The minimum absolute atomic E-state index is 0.0466. The molecule has 1 heterocycles. The fraction of sp³-hybridized carbons (Fsp3) is 0.385. The standard InChI is InChI=1S/C13H15N5OS/c1-9-4-2-3-5-11(9)14-12(19)8-20-13-15-16-17-18(13)10-6-7-10/h2-5,10H,6-8H2,1H3,(H,14,19). The van der Waals surface area contributed by atoms with Crippen LogP contribution < -0.4 is 5.32 Å². The monoisotopic (exact) mass is 289 g/mol. The summed E-state index contributed by atoms with van der Waals surface area (Å²) in [5, 5.41) is 15.2. The van der Waals surface area contributed by atoms with Crippen LogP contribution in [0.4, 0.5) is 5.69 Å². The molecule has 0 aliphatic heterocycles. The van der Waals surface area contributed by atoms with Crippen molar-refractivity contribution in [2.24, 2.45) is 0 Å². The summed E-state index contributed by atoms with van der Waals surface area (Å²) >= 11 is 1.37. The number of rotatable bonds is 5. The number of anilines is 1. The van der Waals surface area contributed by atoms with Crippen LogP contribution in [-0.2, 0) is 4.79 Å². The minimum atomic E-state index is -0.0466. The van der Waals surface area contributed by atoms with Gasteiger partial charge < -0.3 is 5.32 Å². The van der Waals surface area contributed by atoms with Gasteiger partial charge in [0.2, 0.25) is 11.1 Å². The highest BCUT2D eigenvalue weighted by Gasteiger charge is 2.28. The molecule has 1 N–H and O–H groups in total. The molecule has 20 heavy (non-hydrogen) atoms. The van der Waals surface area contributed by atoms with Crippen LogP contribution in [0.3, 0.4) is 0 Å². The van der Waals surface area contributed by atoms with E-state index in [9.17, 15) is 4.79 Å². The van der Waals surface area contributed by atoms with Crippen LogP contribution in [0.15, 0.2) is 29.4 Å². The van der Waals surface area contributed by atoms with E-state index in [4.69, 9.17) is 0 Å². The van der Waals surface area contributed by atoms with Crippen molar-refractivity contribution in [1.82, 2.24) is 20.2 Å². The minimum Gasteiger partial charge on any atom is -0.325 e. The number of benzene rings is 1. The third-order valence-corrected chi connectivity index (χ3v) is 4.04. The molecule has 104 valence electrons. The van der Waals surface area contributed by atoms with E-state index in [-0.39, 0.29) is 5.91 Å². The Labute approximate surface area is 120 Å². The molecule has 1 aromatic heterocycles.